The standard InChI is InChI=1S/C36H50N4O11.2C2H6/c1-11-12-14-39(9)28-16-25(5)49-32(38-46)36(28,50-27(7)41)35(47-10)18-23(3)29(42)22(2)17-34(8,51-33(45)40-15-13-37-21-40)20-48-31(44)26(6)30(43)24(4)19-35;2*1-2/h1,13,15,17,21,23-26,28,32H,12,14,16,18-20H2,2-10H3;2*1-2H3/b22-17+;;/t23-,24-,25?,26?,28?,32?,34+,35-,36?;;/m1../s1. The number of methoxy groups -OCH3 is 1. The Morgan fingerprint density at radius 1 is 1.09 bits per heavy atom. The number of hydrogen-bond acceptors (Lipinski definition) is 14. The van der Waals surface area contributed by atoms with Crippen molar-refractivity contribution in [3.8, 4) is 12.3 Å². The molecule has 1 fully saturated rings. The number of carbonyl (C=O) groups excluding carboxylic acids is 5. The molecule has 0 amide bonds. The first kappa shape index (κ1) is 48.8. The molecule has 0 radical (unpaired) electrons. The third-order valence-electron chi connectivity index (χ3n) is 9.86. The lowest BCUT2D eigenvalue weighted by Gasteiger charge is -2.59. The molecule has 2 aliphatic rings. The molecule has 3 heterocycles. The van der Waals surface area contributed by atoms with Gasteiger partial charge in [0, 0.05) is 51.2 Å². The number of carbonyl (C=O) groups is 5. The summed E-state index contributed by atoms with van der Waals surface area (Å²) in [5, 5.41) is 3.33. The molecule has 0 N–H and O–H groups in total. The summed E-state index contributed by atoms with van der Waals surface area (Å²) < 4.78 is 31.0. The van der Waals surface area contributed by atoms with Crippen LogP contribution >= 0.6 is 0 Å². The molecule has 15 heteroatoms. The number of allylic oxidation sites excluding steroid dienone is 1. The molecule has 0 bridgehead atoms. The van der Waals surface area contributed by atoms with Crippen molar-refractivity contribution in [2.24, 2.45) is 22.9 Å². The quantitative estimate of drug-likeness (QED) is 0.0999. The number of likely N-dealkylation sites (N-methyl/N-ethyl adjacent to an activating group) is 1. The number of imidazole rings is 1. The second-order valence-electron chi connectivity index (χ2n) is 14.0. The molecule has 0 saturated carbocycles. The van der Waals surface area contributed by atoms with E-state index in [0.29, 0.717) is 13.0 Å². The fourth-order valence-electron chi connectivity index (χ4n) is 7.45. The lowest BCUT2D eigenvalue weighted by atomic mass is 9.64. The SMILES string of the molecule is C#CCCN(C)C1CC(C)OC(N=O)C1(OC(C)=O)[C@@]1(OC)C[C@@H](C)C(=O)/C(C)=C/[C@](C)(OC(=O)n2ccnc2)COC(=O)C(C)C(=O)[C@H](C)C1.CC.CC. The van der Waals surface area contributed by atoms with Crippen molar-refractivity contribution in [1.82, 2.24) is 14.5 Å². The van der Waals surface area contributed by atoms with Gasteiger partial charge in [-0.25, -0.2) is 14.3 Å². The Labute approximate surface area is 326 Å². The lowest BCUT2D eigenvalue weighted by molar-refractivity contribution is -0.296. The number of hydrogen-bond donors (Lipinski definition) is 0. The van der Waals surface area contributed by atoms with Crippen molar-refractivity contribution in [3.05, 3.63) is 35.3 Å². The molecule has 1 aromatic rings. The molecule has 1 saturated heterocycles. The van der Waals surface area contributed by atoms with Gasteiger partial charge in [0.1, 0.15) is 30.2 Å². The number of nitrogens with zero attached hydrogens (tertiary/aromatic N) is 4. The highest BCUT2D eigenvalue weighted by Crippen LogP contribution is 2.51. The zero-order valence-corrected chi connectivity index (χ0v) is 34.9. The molecule has 0 aliphatic carbocycles. The number of esters is 2. The molecular formula is C40H62N4O11. The summed E-state index contributed by atoms with van der Waals surface area (Å²) in [6.07, 6.45) is 8.08. The van der Waals surface area contributed by atoms with Gasteiger partial charge < -0.3 is 23.7 Å². The van der Waals surface area contributed by atoms with Gasteiger partial charge >= 0.3 is 18.0 Å². The van der Waals surface area contributed by atoms with E-state index in [9.17, 15) is 28.9 Å². The molecule has 2 aliphatic heterocycles. The number of nitroso groups, excluding NO2 is 1. The van der Waals surface area contributed by atoms with Gasteiger partial charge in [0.15, 0.2) is 11.4 Å². The smallest absolute Gasteiger partial charge is 0.420 e. The predicted octanol–water partition coefficient (Wildman–Crippen LogP) is 5.92. The van der Waals surface area contributed by atoms with Crippen LogP contribution in [-0.2, 0) is 42.9 Å². The van der Waals surface area contributed by atoms with Gasteiger partial charge in [-0.2, -0.15) is 0 Å². The maximum Gasteiger partial charge on any atom is 0.420 e. The van der Waals surface area contributed by atoms with E-state index in [0.717, 1.165) is 4.57 Å². The number of aromatic nitrogens is 2. The largest absolute Gasteiger partial charge is 0.461 e. The van der Waals surface area contributed by atoms with Gasteiger partial charge in [0.2, 0.25) is 11.8 Å². The van der Waals surface area contributed by atoms with E-state index in [1.165, 1.54) is 59.6 Å². The fourth-order valence-corrected chi connectivity index (χ4v) is 7.45. The topological polar surface area (TPSA) is 182 Å². The average molecular weight is 775 g/mol. The van der Waals surface area contributed by atoms with E-state index in [2.05, 4.69) is 16.1 Å². The number of Topliss-reactive ketones (excluding diaryl/α,β-unsaturated/α-hetero) is 2. The van der Waals surface area contributed by atoms with Crippen molar-refractivity contribution in [2.75, 3.05) is 27.3 Å². The molecule has 1 aromatic heterocycles. The lowest BCUT2D eigenvalue weighted by Crippen LogP contribution is -2.76. The monoisotopic (exact) mass is 774 g/mol. The van der Waals surface area contributed by atoms with Gasteiger partial charge in [-0.1, -0.05) is 41.5 Å². The van der Waals surface area contributed by atoms with E-state index in [1.807, 2.05) is 32.6 Å². The van der Waals surface area contributed by atoms with Gasteiger partial charge in [0.25, 0.3) is 0 Å². The number of ether oxygens (including phenoxy) is 5. The normalized spacial score (nSPS) is 32.7. The van der Waals surface area contributed by atoms with Crippen molar-refractivity contribution < 1.29 is 47.7 Å². The van der Waals surface area contributed by atoms with Crippen molar-refractivity contribution in [1.29, 1.82) is 0 Å². The zero-order valence-electron chi connectivity index (χ0n) is 34.9. The molecule has 3 rings (SSSR count). The van der Waals surface area contributed by atoms with Crippen LogP contribution in [0.4, 0.5) is 4.79 Å². The predicted molar refractivity (Wildman–Crippen MR) is 206 cm³/mol. The Morgan fingerprint density at radius 3 is 2.24 bits per heavy atom. The molecule has 5 unspecified atom stereocenters. The van der Waals surface area contributed by atoms with E-state index in [-0.39, 0.29) is 24.8 Å². The molecular weight excluding hydrogens is 712 g/mol. The van der Waals surface area contributed by atoms with Gasteiger partial charge in [0.05, 0.1) is 12.1 Å². The Hall–Kier alpha value is -4.26. The van der Waals surface area contributed by atoms with Crippen molar-refractivity contribution in [2.45, 2.75) is 137 Å². The highest BCUT2D eigenvalue weighted by atomic mass is 16.6. The summed E-state index contributed by atoms with van der Waals surface area (Å²) in [7, 11) is 3.10. The average Bonchev–Trinajstić information content (AvgIpc) is 3.72. The van der Waals surface area contributed by atoms with Gasteiger partial charge in [-0.05, 0) is 70.8 Å². The summed E-state index contributed by atoms with van der Waals surface area (Å²) in [5.74, 6) is -3.23. The third kappa shape index (κ3) is 11.4. The summed E-state index contributed by atoms with van der Waals surface area (Å²) >= 11 is 0. The molecule has 0 spiro atoms. The van der Waals surface area contributed by atoms with Gasteiger partial charge in [-0.15, -0.1) is 17.3 Å². The summed E-state index contributed by atoms with van der Waals surface area (Å²) in [4.78, 5) is 86.2. The Kier molecular flexibility index (Phi) is 19.3. The highest BCUT2D eigenvalue weighted by molar-refractivity contribution is 6.00. The maximum atomic E-state index is 14.2. The highest BCUT2D eigenvalue weighted by Gasteiger charge is 2.69. The Bertz CT molecular complexity index is 1540. The number of rotatable bonds is 8. The zero-order chi connectivity index (χ0) is 42.3. The summed E-state index contributed by atoms with van der Waals surface area (Å²) in [6, 6.07) is -0.797. The Balaban J connectivity index is 0.00000365. The van der Waals surface area contributed by atoms with Crippen LogP contribution in [0.3, 0.4) is 0 Å². The summed E-state index contributed by atoms with van der Waals surface area (Å²) in [6.45, 7) is 18.3. The first-order valence-electron chi connectivity index (χ1n) is 18.9. The van der Waals surface area contributed by atoms with E-state index in [1.54, 1.807) is 27.8 Å². The van der Waals surface area contributed by atoms with Gasteiger partial charge in [-0.3, -0.25) is 24.1 Å². The van der Waals surface area contributed by atoms with Crippen molar-refractivity contribution in [3.63, 3.8) is 0 Å². The molecule has 308 valence electrons. The maximum absolute atomic E-state index is 14.2. The number of cyclic esters (lactones) is 1. The minimum absolute atomic E-state index is 0.154. The van der Waals surface area contributed by atoms with E-state index < -0.39 is 89.1 Å². The van der Waals surface area contributed by atoms with Crippen LogP contribution < -0.4 is 0 Å². The molecule has 9 atom stereocenters. The number of ketones is 2. The van der Waals surface area contributed by atoms with Crippen LogP contribution in [0.2, 0.25) is 0 Å². The summed E-state index contributed by atoms with van der Waals surface area (Å²) in [5.41, 5.74) is -5.30. The third-order valence-corrected chi connectivity index (χ3v) is 9.86. The van der Waals surface area contributed by atoms with Crippen LogP contribution in [0, 0.1) is 35.0 Å². The fraction of sp³-hybridized carbons (Fsp3) is 0.700. The number of terminal acetylenes is 1. The van der Waals surface area contributed by atoms with Crippen LogP contribution in [0.5, 0.6) is 0 Å². The van der Waals surface area contributed by atoms with Crippen molar-refractivity contribution >= 4 is 29.6 Å². The first-order chi connectivity index (χ1) is 25.9. The van der Waals surface area contributed by atoms with Crippen LogP contribution in [-0.4, -0.2) is 107 Å². The second kappa shape index (κ2) is 21.7. The minimum Gasteiger partial charge on any atom is -0.461 e. The second-order valence-corrected chi connectivity index (χ2v) is 14.0. The first-order valence-corrected chi connectivity index (χ1v) is 18.9. The molecule has 0 aromatic carbocycles. The molecule has 55 heavy (non-hydrogen) atoms. The Morgan fingerprint density at radius 2 is 1.71 bits per heavy atom. The van der Waals surface area contributed by atoms with E-state index in [4.69, 9.17) is 30.1 Å². The minimum atomic E-state index is -2.01. The van der Waals surface area contributed by atoms with Crippen LogP contribution in [0.15, 0.2) is 35.5 Å². The van der Waals surface area contributed by atoms with Crippen LogP contribution in [0.25, 0.3) is 0 Å². The molecule has 15 nitrogen and oxygen atoms in total. The van der Waals surface area contributed by atoms with Crippen LogP contribution in [0.1, 0.15) is 102 Å². The van der Waals surface area contributed by atoms with E-state index >= 15 is 0 Å².